The number of aryl methyl sites for hydroxylation is 2. The second-order valence-corrected chi connectivity index (χ2v) is 8.14. The molecule has 0 bridgehead atoms. The summed E-state index contributed by atoms with van der Waals surface area (Å²) in [5.41, 5.74) is 4.09. The average molecular weight is 396 g/mol. The Labute approximate surface area is 164 Å². The highest BCUT2D eigenvalue weighted by Gasteiger charge is 2.15. The Kier molecular flexibility index (Phi) is 4.96. The predicted molar refractivity (Wildman–Crippen MR) is 110 cm³/mol. The van der Waals surface area contributed by atoms with Crippen molar-refractivity contribution >= 4 is 45.2 Å². The molecule has 4 aromatic rings. The maximum absolute atomic E-state index is 12.7. The van der Waals surface area contributed by atoms with E-state index in [4.69, 9.17) is 4.42 Å². The third kappa shape index (κ3) is 3.89. The van der Waals surface area contributed by atoms with Crippen molar-refractivity contribution < 1.29 is 9.21 Å². The molecule has 0 aliphatic rings. The van der Waals surface area contributed by atoms with E-state index in [-0.39, 0.29) is 5.91 Å². The SMILES string of the molecule is Cc1nc(NC(=O)c2ccccc2CSc2nc3ccccc3o2)sc1C. The van der Waals surface area contributed by atoms with Crippen molar-refractivity contribution in [3.8, 4) is 0 Å². The molecule has 0 aliphatic heterocycles. The first-order chi connectivity index (χ1) is 13.1. The molecule has 0 fully saturated rings. The van der Waals surface area contributed by atoms with Gasteiger partial charge in [-0.25, -0.2) is 9.97 Å². The molecular weight excluding hydrogens is 378 g/mol. The Morgan fingerprint density at radius 2 is 1.89 bits per heavy atom. The molecule has 0 unspecified atom stereocenters. The molecule has 0 atom stereocenters. The highest BCUT2D eigenvalue weighted by molar-refractivity contribution is 7.98. The zero-order valence-electron chi connectivity index (χ0n) is 14.9. The molecule has 1 N–H and O–H groups in total. The fourth-order valence-electron chi connectivity index (χ4n) is 2.61. The van der Waals surface area contributed by atoms with Crippen molar-refractivity contribution in [3.63, 3.8) is 0 Å². The molecule has 0 spiro atoms. The number of rotatable bonds is 5. The number of thioether (sulfide) groups is 1. The van der Waals surface area contributed by atoms with Gasteiger partial charge in [0.2, 0.25) is 0 Å². The van der Waals surface area contributed by atoms with E-state index in [1.54, 1.807) is 0 Å². The van der Waals surface area contributed by atoms with Crippen molar-refractivity contribution in [2.24, 2.45) is 0 Å². The van der Waals surface area contributed by atoms with Crippen LogP contribution in [0, 0.1) is 13.8 Å². The molecule has 0 saturated carbocycles. The number of fused-ring (bicyclic) bond motifs is 1. The number of carbonyl (C=O) groups excluding carboxylic acids is 1. The molecule has 4 rings (SSSR count). The lowest BCUT2D eigenvalue weighted by atomic mass is 10.1. The van der Waals surface area contributed by atoms with Gasteiger partial charge in [0, 0.05) is 16.2 Å². The maximum atomic E-state index is 12.7. The van der Waals surface area contributed by atoms with Crippen LogP contribution >= 0.6 is 23.1 Å². The van der Waals surface area contributed by atoms with Crippen LogP contribution in [-0.4, -0.2) is 15.9 Å². The summed E-state index contributed by atoms with van der Waals surface area (Å²) < 4.78 is 5.74. The summed E-state index contributed by atoms with van der Waals surface area (Å²) in [5.74, 6) is 0.435. The highest BCUT2D eigenvalue weighted by atomic mass is 32.2. The smallest absolute Gasteiger partial charge is 0.257 e. The molecule has 27 heavy (non-hydrogen) atoms. The Morgan fingerprint density at radius 1 is 1.11 bits per heavy atom. The van der Waals surface area contributed by atoms with Gasteiger partial charge in [-0.2, -0.15) is 0 Å². The second kappa shape index (κ2) is 7.54. The fourth-order valence-corrected chi connectivity index (χ4v) is 4.26. The third-order valence-corrected chi connectivity index (χ3v) is 6.00. The maximum Gasteiger partial charge on any atom is 0.257 e. The number of hydrogen-bond acceptors (Lipinski definition) is 6. The summed E-state index contributed by atoms with van der Waals surface area (Å²) in [5, 5.41) is 4.12. The number of oxazole rings is 1. The minimum atomic E-state index is -0.155. The predicted octanol–water partition coefficient (Wildman–Crippen LogP) is 5.45. The topological polar surface area (TPSA) is 68.0 Å². The van der Waals surface area contributed by atoms with Gasteiger partial charge in [0.1, 0.15) is 5.52 Å². The van der Waals surface area contributed by atoms with E-state index in [9.17, 15) is 4.79 Å². The van der Waals surface area contributed by atoms with Crippen LogP contribution in [0.1, 0.15) is 26.5 Å². The number of nitrogens with one attached hydrogen (secondary N) is 1. The van der Waals surface area contributed by atoms with Crippen LogP contribution in [0.3, 0.4) is 0 Å². The van der Waals surface area contributed by atoms with Crippen LogP contribution in [0.2, 0.25) is 0 Å². The average Bonchev–Trinajstić information content (AvgIpc) is 3.22. The summed E-state index contributed by atoms with van der Waals surface area (Å²) >= 11 is 2.96. The summed E-state index contributed by atoms with van der Waals surface area (Å²) in [6.45, 7) is 3.93. The van der Waals surface area contributed by atoms with Gasteiger partial charge in [0.25, 0.3) is 11.1 Å². The lowest BCUT2D eigenvalue weighted by Crippen LogP contribution is -2.13. The van der Waals surface area contributed by atoms with Gasteiger partial charge in [-0.1, -0.05) is 42.1 Å². The van der Waals surface area contributed by atoms with Crippen molar-refractivity contribution in [3.05, 3.63) is 70.2 Å². The number of carbonyl (C=O) groups is 1. The molecule has 0 aliphatic carbocycles. The van der Waals surface area contributed by atoms with Crippen LogP contribution < -0.4 is 5.32 Å². The van der Waals surface area contributed by atoms with Gasteiger partial charge in [-0.15, -0.1) is 11.3 Å². The molecule has 7 heteroatoms. The standard InChI is InChI=1S/C20H17N3O2S2/c1-12-13(2)27-19(21-12)23-18(24)15-8-4-3-7-14(15)11-26-20-22-16-9-5-6-10-17(16)25-20/h3-10H,11H2,1-2H3,(H,21,23,24). The first-order valence-electron chi connectivity index (χ1n) is 8.42. The van der Waals surface area contributed by atoms with Crippen LogP contribution in [0.5, 0.6) is 0 Å². The summed E-state index contributed by atoms with van der Waals surface area (Å²) in [7, 11) is 0. The second-order valence-electron chi connectivity index (χ2n) is 6.01. The summed E-state index contributed by atoms with van der Waals surface area (Å²) in [6, 6.07) is 15.2. The number of amides is 1. The normalized spacial score (nSPS) is 11.0. The number of benzene rings is 2. The van der Waals surface area contributed by atoms with Gasteiger partial charge in [-0.05, 0) is 37.6 Å². The quantitative estimate of drug-likeness (QED) is 0.455. The number of nitrogens with zero attached hydrogens (tertiary/aromatic N) is 2. The molecule has 2 aromatic carbocycles. The molecule has 0 radical (unpaired) electrons. The van der Waals surface area contributed by atoms with Crippen molar-refractivity contribution in [1.82, 2.24) is 9.97 Å². The van der Waals surface area contributed by atoms with Crippen molar-refractivity contribution in [1.29, 1.82) is 0 Å². The number of hydrogen-bond donors (Lipinski definition) is 1. The first-order valence-corrected chi connectivity index (χ1v) is 10.2. The number of thiazole rings is 1. The lowest BCUT2D eigenvalue weighted by Gasteiger charge is -2.07. The molecule has 136 valence electrons. The van der Waals surface area contributed by atoms with Crippen molar-refractivity contribution in [2.45, 2.75) is 24.8 Å². The fraction of sp³-hybridized carbons (Fsp3) is 0.150. The molecule has 2 aromatic heterocycles. The van der Waals surface area contributed by atoms with Gasteiger partial charge in [0.05, 0.1) is 5.69 Å². The van der Waals surface area contributed by atoms with Crippen LogP contribution in [0.15, 0.2) is 58.2 Å². The summed E-state index contributed by atoms with van der Waals surface area (Å²) in [4.78, 5) is 22.7. The van der Waals surface area contributed by atoms with E-state index in [0.29, 0.717) is 21.7 Å². The van der Waals surface area contributed by atoms with E-state index in [0.717, 1.165) is 27.2 Å². The van der Waals surface area contributed by atoms with E-state index in [1.807, 2.05) is 62.4 Å². The zero-order valence-corrected chi connectivity index (χ0v) is 16.5. The largest absolute Gasteiger partial charge is 0.431 e. The molecule has 1 amide bonds. The number of para-hydroxylation sites is 2. The third-order valence-electron chi connectivity index (χ3n) is 4.14. The molecular formula is C20H17N3O2S2. The van der Waals surface area contributed by atoms with E-state index in [1.165, 1.54) is 23.1 Å². The molecule has 0 saturated heterocycles. The zero-order chi connectivity index (χ0) is 18.8. The number of anilines is 1. The van der Waals surface area contributed by atoms with Crippen LogP contribution in [0.25, 0.3) is 11.1 Å². The molecule has 2 heterocycles. The van der Waals surface area contributed by atoms with E-state index >= 15 is 0 Å². The van der Waals surface area contributed by atoms with Gasteiger partial charge in [0.15, 0.2) is 10.7 Å². The minimum absolute atomic E-state index is 0.155. The summed E-state index contributed by atoms with van der Waals surface area (Å²) in [6.07, 6.45) is 0. The highest BCUT2D eigenvalue weighted by Crippen LogP contribution is 2.28. The van der Waals surface area contributed by atoms with Gasteiger partial charge < -0.3 is 4.42 Å². The van der Waals surface area contributed by atoms with E-state index in [2.05, 4.69) is 15.3 Å². The van der Waals surface area contributed by atoms with Gasteiger partial charge in [-0.3, -0.25) is 10.1 Å². The Hall–Kier alpha value is -2.64. The van der Waals surface area contributed by atoms with E-state index < -0.39 is 0 Å². The monoisotopic (exact) mass is 395 g/mol. The van der Waals surface area contributed by atoms with Crippen LogP contribution in [-0.2, 0) is 5.75 Å². The first kappa shape index (κ1) is 17.8. The van der Waals surface area contributed by atoms with Crippen LogP contribution in [0.4, 0.5) is 5.13 Å². The Balaban J connectivity index is 1.51. The lowest BCUT2D eigenvalue weighted by molar-refractivity contribution is 0.102. The Morgan fingerprint density at radius 3 is 2.67 bits per heavy atom. The molecule has 5 nitrogen and oxygen atoms in total. The van der Waals surface area contributed by atoms with Crippen molar-refractivity contribution in [2.75, 3.05) is 5.32 Å². The Bertz CT molecular complexity index is 1060. The van der Waals surface area contributed by atoms with Gasteiger partial charge >= 0.3 is 0 Å². The minimum Gasteiger partial charge on any atom is -0.431 e. The number of aromatic nitrogens is 2.